The summed E-state index contributed by atoms with van der Waals surface area (Å²) in [7, 11) is 0. The highest BCUT2D eigenvalue weighted by atomic mass is 16.5. The largest absolute Gasteiger partial charge is 0.456 e. The maximum absolute atomic E-state index is 12.2. The topological polar surface area (TPSA) is 64.1 Å². The number of hydrogen-bond donors (Lipinski definition) is 1. The highest BCUT2D eigenvalue weighted by Gasteiger charge is 2.08. The molecule has 0 spiro atoms. The molecular weight excluding hydrogens is 290 g/mol. The molecule has 0 fully saturated rings. The van der Waals surface area contributed by atoms with Crippen molar-refractivity contribution in [3.8, 4) is 11.5 Å². The fourth-order valence-corrected chi connectivity index (χ4v) is 2.05. The smallest absolute Gasteiger partial charge is 0.274 e. The molecule has 5 nitrogen and oxygen atoms in total. The first-order valence-corrected chi connectivity index (χ1v) is 7.14. The van der Waals surface area contributed by atoms with Gasteiger partial charge in [-0.3, -0.25) is 9.78 Å². The fourth-order valence-electron chi connectivity index (χ4n) is 2.05. The van der Waals surface area contributed by atoms with Gasteiger partial charge in [-0.2, -0.15) is 0 Å². The lowest BCUT2D eigenvalue weighted by molar-refractivity contribution is 0.102. The lowest BCUT2D eigenvalue weighted by atomic mass is 10.2. The monoisotopic (exact) mass is 305 g/mol. The number of aromatic nitrogens is 2. The van der Waals surface area contributed by atoms with Crippen LogP contribution in [-0.2, 0) is 0 Å². The number of pyridine rings is 2. The number of carbonyl (C=O) groups is 1. The number of carbonyl (C=O) groups excluding carboxylic acids is 1. The molecule has 2 heterocycles. The third kappa shape index (κ3) is 3.91. The number of anilines is 1. The summed E-state index contributed by atoms with van der Waals surface area (Å²) in [6.07, 6.45) is 3.31. The summed E-state index contributed by atoms with van der Waals surface area (Å²) in [6.45, 7) is 1.85. The Morgan fingerprint density at radius 1 is 1.04 bits per heavy atom. The molecule has 0 bridgehead atoms. The maximum Gasteiger partial charge on any atom is 0.274 e. The van der Waals surface area contributed by atoms with Gasteiger partial charge in [-0.25, -0.2) is 4.98 Å². The van der Waals surface area contributed by atoms with Crippen molar-refractivity contribution in [3.05, 3.63) is 78.4 Å². The summed E-state index contributed by atoms with van der Waals surface area (Å²) in [4.78, 5) is 20.4. The summed E-state index contributed by atoms with van der Waals surface area (Å²) < 4.78 is 5.70. The first-order chi connectivity index (χ1) is 11.2. The summed E-state index contributed by atoms with van der Waals surface area (Å²) in [5, 5.41) is 2.81. The van der Waals surface area contributed by atoms with Crippen molar-refractivity contribution in [2.45, 2.75) is 6.92 Å². The van der Waals surface area contributed by atoms with Gasteiger partial charge in [-0.1, -0.05) is 12.1 Å². The zero-order valence-electron chi connectivity index (χ0n) is 12.6. The van der Waals surface area contributed by atoms with Crippen LogP contribution in [0.25, 0.3) is 0 Å². The molecule has 0 aliphatic rings. The van der Waals surface area contributed by atoms with Crippen molar-refractivity contribution in [1.29, 1.82) is 0 Å². The van der Waals surface area contributed by atoms with Crippen molar-refractivity contribution in [2.75, 3.05) is 5.32 Å². The Kier molecular flexibility index (Phi) is 4.29. The summed E-state index contributed by atoms with van der Waals surface area (Å²) in [5.41, 5.74) is 1.81. The molecule has 2 aromatic heterocycles. The minimum Gasteiger partial charge on any atom is -0.456 e. The van der Waals surface area contributed by atoms with E-state index in [0.717, 1.165) is 5.69 Å². The zero-order valence-corrected chi connectivity index (χ0v) is 12.6. The van der Waals surface area contributed by atoms with Gasteiger partial charge in [0.15, 0.2) is 0 Å². The van der Waals surface area contributed by atoms with Gasteiger partial charge in [0.05, 0.1) is 6.20 Å². The molecular formula is C18H15N3O2. The average Bonchev–Trinajstić information content (AvgIpc) is 2.56. The zero-order chi connectivity index (χ0) is 16.1. The first-order valence-electron chi connectivity index (χ1n) is 7.14. The number of amides is 1. The van der Waals surface area contributed by atoms with Gasteiger partial charge in [0.1, 0.15) is 17.2 Å². The number of benzene rings is 1. The van der Waals surface area contributed by atoms with E-state index in [4.69, 9.17) is 4.74 Å². The second-order valence-corrected chi connectivity index (χ2v) is 4.94. The van der Waals surface area contributed by atoms with Crippen molar-refractivity contribution >= 4 is 11.6 Å². The third-order valence-electron chi connectivity index (χ3n) is 3.08. The Morgan fingerprint density at radius 3 is 2.65 bits per heavy atom. The number of nitrogens with one attached hydrogen (secondary N) is 1. The fraction of sp³-hybridized carbons (Fsp3) is 0.0556. The summed E-state index contributed by atoms with van der Waals surface area (Å²) >= 11 is 0. The third-order valence-corrected chi connectivity index (χ3v) is 3.08. The second kappa shape index (κ2) is 6.70. The second-order valence-electron chi connectivity index (χ2n) is 4.94. The molecule has 0 radical (unpaired) electrons. The van der Waals surface area contributed by atoms with E-state index in [1.165, 1.54) is 0 Å². The number of nitrogens with zero attached hydrogens (tertiary/aromatic N) is 2. The van der Waals surface area contributed by atoms with Crippen molar-refractivity contribution in [1.82, 2.24) is 9.97 Å². The van der Waals surface area contributed by atoms with Crippen molar-refractivity contribution in [2.24, 2.45) is 0 Å². The van der Waals surface area contributed by atoms with Gasteiger partial charge in [-0.05, 0) is 43.3 Å². The molecule has 0 saturated carbocycles. The van der Waals surface area contributed by atoms with Gasteiger partial charge < -0.3 is 10.1 Å². The van der Waals surface area contributed by atoms with E-state index in [1.807, 2.05) is 31.2 Å². The van der Waals surface area contributed by atoms with E-state index < -0.39 is 0 Å². The molecule has 1 aromatic carbocycles. The molecule has 0 aliphatic heterocycles. The minimum atomic E-state index is -0.257. The van der Waals surface area contributed by atoms with Gasteiger partial charge in [-0.15, -0.1) is 0 Å². The Balaban J connectivity index is 1.74. The predicted molar refractivity (Wildman–Crippen MR) is 87.7 cm³/mol. The average molecular weight is 305 g/mol. The number of rotatable bonds is 4. The van der Waals surface area contributed by atoms with Crippen LogP contribution in [0, 0.1) is 6.92 Å². The van der Waals surface area contributed by atoms with Crippen LogP contribution in [0.15, 0.2) is 67.0 Å². The number of ether oxygens (including phenoxy) is 1. The molecule has 114 valence electrons. The molecule has 0 saturated heterocycles. The lowest BCUT2D eigenvalue weighted by Gasteiger charge is -2.08. The minimum absolute atomic E-state index is 0.257. The molecule has 3 aromatic rings. The Labute approximate surface area is 134 Å². The molecule has 1 N–H and O–H groups in total. The molecule has 0 unspecified atom stereocenters. The van der Waals surface area contributed by atoms with E-state index in [1.54, 1.807) is 42.7 Å². The quantitative estimate of drug-likeness (QED) is 0.795. The van der Waals surface area contributed by atoms with Crippen LogP contribution in [0.1, 0.15) is 16.2 Å². The molecule has 0 aliphatic carbocycles. The highest BCUT2D eigenvalue weighted by Crippen LogP contribution is 2.23. The normalized spacial score (nSPS) is 10.1. The van der Waals surface area contributed by atoms with E-state index in [-0.39, 0.29) is 5.91 Å². The molecule has 5 heteroatoms. The maximum atomic E-state index is 12.2. The van der Waals surface area contributed by atoms with Crippen LogP contribution >= 0.6 is 0 Å². The van der Waals surface area contributed by atoms with Crippen molar-refractivity contribution < 1.29 is 9.53 Å². The summed E-state index contributed by atoms with van der Waals surface area (Å²) in [6, 6.07) is 16.1. The Hall–Kier alpha value is -3.21. The lowest BCUT2D eigenvalue weighted by Crippen LogP contribution is -2.13. The van der Waals surface area contributed by atoms with E-state index in [0.29, 0.717) is 22.9 Å². The molecule has 3 rings (SSSR count). The van der Waals surface area contributed by atoms with Gasteiger partial charge in [0, 0.05) is 23.6 Å². The van der Waals surface area contributed by atoms with Crippen LogP contribution in [0.4, 0.5) is 5.69 Å². The predicted octanol–water partition coefficient (Wildman–Crippen LogP) is 3.83. The number of aryl methyl sites for hydroxylation is 1. The van der Waals surface area contributed by atoms with E-state index in [9.17, 15) is 4.79 Å². The van der Waals surface area contributed by atoms with Crippen LogP contribution < -0.4 is 10.1 Å². The Bertz CT molecular complexity index is 819. The van der Waals surface area contributed by atoms with Gasteiger partial charge >= 0.3 is 0 Å². The Morgan fingerprint density at radius 2 is 1.87 bits per heavy atom. The van der Waals surface area contributed by atoms with Crippen molar-refractivity contribution in [3.63, 3.8) is 0 Å². The SMILES string of the molecule is Cc1cccc(C(=O)Nc2cccc(Oc3cccnc3)c2)n1. The standard InChI is InChI=1S/C18H15N3O2/c1-13-5-2-9-17(20-13)18(22)21-14-6-3-7-15(11-14)23-16-8-4-10-19-12-16/h2-12H,1H3,(H,21,22). The number of hydrogen-bond acceptors (Lipinski definition) is 4. The summed E-state index contributed by atoms with van der Waals surface area (Å²) in [5.74, 6) is 0.997. The highest BCUT2D eigenvalue weighted by molar-refractivity contribution is 6.02. The van der Waals surface area contributed by atoms with Gasteiger partial charge in [0.2, 0.25) is 0 Å². The molecule has 0 atom stereocenters. The van der Waals surface area contributed by atoms with Crippen LogP contribution in [-0.4, -0.2) is 15.9 Å². The van der Waals surface area contributed by atoms with Gasteiger partial charge in [0.25, 0.3) is 5.91 Å². The van der Waals surface area contributed by atoms with E-state index in [2.05, 4.69) is 15.3 Å². The molecule has 1 amide bonds. The van der Waals surface area contributed by atoms with Crippen LogP contribution in [0.2, 0.25) is 0 Å². The van der Waals surface area contributed by atoms with E-state index >= 15 is 0 Å². The van der Waals surface area contributed by atoms with Crippen LogP contribution in [0.5, 0.6) is 11.5 Å². The first kappa shape index (κ1) is 14.7. The van der Waals surface area contributed by atoms with Crippen LogP contribution in [0.3, 0.4) is 0 Å². The molecule has 23 heavy (non-hydrogen) atoms.